The number of hydrogen-bond donors (Lipinski definition) is 2. The van der Waals surface area contributed by atoms with E-state index in [1.54, 1.807) is 6.08 Å². The molecule has 2 N–H and O–H groups in total. The Bertz CT molecular complexity index is 2290. The Labute approximate surface area is 327 Å². The summed E-state index contributed by atoms with van der Waals surface area (Å²) in [6, 6.07) is 67.5. The Hall–Kier alpha value is -7.08. The molecule has 7 aromatic rings. The second-order valence-electron chi connectivity index (χ2n) is 13.2. The number of nitrogens with zero attached hydrogens (tertiary/aromatic N) is 1. The van der Waals surface area contributed by atoms with Crippen molar-refractivity contribution in [3.63, 3.8) is 0 Å². The molecular weight excluding hydrogens is 691 g/mol. The first-order valence-corrected chi connectivity index (χ1v) is 18.6. The predicted octanol–water partition coefficient (Wildman–Crippen LogP) is 11.7. The quantitative estimate of drug-likeness (QED) is 0.0836. The van der Waals surface area contributed by atoms with E-state index >= 15 is 0 Å². The van der Waals surface area contributed by atoms with E-state index in [9.17, 15) is 4.79 Å². The van der Waals surface area contributed by atoms with Crippen LogP contribution in [0.5, 0.6) is 0 Å². The van der Waals surface area contributed by atoms with Gasteiger partial charge >= 0.3 is 0 Å². The van der Waals surface area contributed by atoms with Crippen molar-refractivity contribution in [3.8, 4) is 0 Å². The van der Waals surface area contributed by atoms with E-state index in [1.807, 2.05) is 36.4 Å². The van der Waals surface area contributed by atoms with Gasteiger partial charge in [-0.3, -0.25) is 10.1 Å². The first-order valence-electron chi connectivity index (χ1n) is 18.2. The molecule has 0 saturated carbocycles. The summed E-state index contributed by atoms with van der Waals surface area (Å²) in [5.41, 5.74) is 13.5. The number of hydrogen-bond acceptors (Lipinski definition) is 3. The summed E-state index contributed by atoms with van der Waals surface area (Å²) in [5.74, 6) is -0.232. The predicted molar refractivity (Wildman–Crippen MR) is 233 cm³/mol. The van der Waals surface area contributed by atoms with Crippen LogP contribution in [-0.4, -0.2) is 11.0 Å². The van der Waals surface area contributed by atoms with Gasteiger partial charge in [0.1, 0.15) is 5.70 Å². The number of anilines is 3. The smallest absolute Gasteiger partial charge is 0.273 e. The minimum Gasteiger partial charge on any atom is -0.328 e. The number of rotatable bonds is 10. The average Bonchev–Trinajstić information content (AvgIpc) is 3.57. The molecule has 0 spiro atoms. The van der Waals surface area contributed by atoms with E-state index in [1.165, 1.54) is 22.3 Å². The molecule has 1 aliphatic heterocycles. The molecule has 0 atom stereocenters. The summed E-state index contributed by atoms with van der Waals surface area (Å²) >= 11 is 5.12. The van der Waals surface area contributed by atoms with Crippen molar-refractivity contribution in [1.29, 1.82) is 0 Å². The zero-order valence-corrected chi connectivity index (χ0v) is 30.8. The lowest BCUT2D eigenvalue weighted by molar-refractivity contribution is -0.115. The van der Waals surface area contributed by atoms with Crippen LogP contribution in [0, 0.1) is 0 Å². The first-order chi connectivity index (χ1) is 27.1. The number of benzene rings is 7. The van der Waals surface area contributed by atoms with Crippen molar-refractivity contribution < 1.29 is 4.79 Å². The minimum absolute atomic E-state index is 0.232. The van der Waals surface area contributed by atoms with E-state index in [0.717, 1.165) is 44.9 Å². The molecule has 4 nitrogen and oxygen atoms in total. The Morgan fingerprint density at radius 2 is 0.745 bits per heavy atom. The number of thiocarbonyl (C=S) groups is 1. The topological polar surface area (TPSA) is 44.4 Å². The van der Waals surface area contributed by atoms with Crippen molar-refractivity contribution in [2.45, 2.75) is 0 Å². The van der Waals surface area contributed by atoms with Gasteiger partial charge in [-0.1, -0.05) is 158 Å². The van der Waals surface area contributed by atoms with Gasteiger partial charge in [0.2, 0.25) is 0 Å². The highest BCUT2D eigenvalue weighted by atomic mass is 32.1. The van der Waals surface area contributed by atoms with Gasteiger partial charge < -0.3 is 10.2 Å². The highest BCUT2D eigenvalue weighted by molar-refractivity contribution is 7.80. The second-order valence-corrected chi connectivity index (χ2v) is 13.6. The number of carbonyl (C=O) groups excluding carboxylic acids is 1. The second kappa shape index (κ2) is 16.3. The lowest BCUT2D eigenvalue weighted by atomic mass is 9.95. The summed E-state index contributed by atoms with van der Waals surface area (Å²) in [5, 5.41) is 5.87. The van der Waals surface area contributed by atoms with Crippen molar-refractivity contribution in [3.05, 3.63) is 239 Å². The van der Waals surface area contributed by atoms with Gasteiger partial charge in [-0.2, -0.15) is 0 Å². The van der Waals surface area contributed by atoms with Crippen LogP contribution in [0.1, 0.15) is 38.9 Å². The zero-order valence-electron chi connectivity index (χ0n) is 30.0. The van der Waals surface area contributed by atoms with Crippen molar-refractivity contribution in [2.24, 2.45) is 0 Å². The van der Waals surface area contributed by atoms with E-state index in [4.69, 9.17) is 12.2 Å². The fourth-order valence-corrected chi connectivity index (χ4v) is 6.93. The molecule has 7 aromatic carbocycles. The van der Waals surface area contributed by atoms with E-state index < -0.39 is 0 Å². The van der Waals surface area contributed by atoms with Crippen LogP contribution in [0.4, 0.5) is 17.1 Å². The van der Waals surface area contributed by atoms with Crippen LogP contribution in [0.25, 0.3) is 29.4 Å². The molecule has 0 aliphatic carbocycles. The number of nitrogens with one attached hydrogen (secondary N) is 2. The third-order valence-electron chi connectivity index (χ3n) is 9.45. The van der Waals surface area contributed by atoms with Crippen LogP contribution in [-0.2, 0) is 4.79 Å². The molecule has 5 heteroatoms. The van der Waals surface area contributed by atoms with Gasteiger partial charge in [-0.05, 0) is 117 Å². The molecule has 8 rings (SSSR count). The highest BCUT2D eigenvalue weighted by Gasteiger charge is 2.20. The maximum Gasteiger partial charge on any atom is 0.273 e. The van der Waals surface area contributed by atoms with Crippen LogP contribution in [0.2, 0.25) is 0 Å². The summed E-state index contributed by atoms with van der Waals surface area (Å²) < 4.78 is 0. The standard InChI is InChI=1S/C50H37N3OS/c54-49-48(51-50(55)52-49)35-38-25-31-45(32-26-38)53(43-27-21-36(22-28-43)33-46(39-13-5-1-6-14-39)40-15-7-2-8-16-40)44-29-23-37(24-30-44)34-47(41-17-9-3-10-18-41)42-19-11-4-12-20-42/h1-35H,(H2,51,52,54,55)/b48-35-. The van der Waals surface area contributed by atoms with E-state index in [2.05, 4.69) is 185 Å². The van der Waals surface area contributed by atoms with Crippen LogP contribution in [0.15, 0.2) is 200 Å². The molecule has 0 bridgehead atoms. The fraction of sp³-hybridized carbons (Fsp3) is 0. The van der Waals surface area contributed by atoms with E-state index in [-0.39, 0.29) is 5.91 Å². The SMILES string of the molecule is O=C1NC(=S)N/C1=C\c1ccc(N(c2ccc(C=C(c3ccccc3)c3ccccc3)cc2)c2ccc(C=C(c3ccccc3)c3ccccc3)cc2)cc1. The van der Waals surface area contributed by atoms with Gasteiger partial charge in [0.05, 0.1) is 0 Å². The Balaban J connectivity index is 1.16. The minimum atomic E-state index is -0.232. The zero-order chi connectivity index (χ0) is 37.4. The Morgan fingerprint density at radius 3 is 1.05 bits per heavy atom. The first kappa shape index (κ1) is 35.0. The van der Waals surface area contributed by atoms with E-state index in [0.29, 0.717) is 10.8 Å². The van der Waals surface area contributed by atoms with Crippen molar-refractivity contribution in [1.82, 2.24) is 10.6 Å². The molecule has 1 aliphatic rings. The van der Waals surface area contributed by atoms with Crippen molar-refractivity contribution >= 4 is 69.7 Å². The third kappa shape index (κ3) is 8.28. The Morgan fingerprint density at radius 1 is 0.418 bits per heavy atom. The largest absolute Gasteiger partial charge is 0.328 e. The summed E-state index contributed by atoms with van der Waals surface area (Å²) in [4.78, 5) is 14.5. The van der Waals surface area contributed by atoms with Gasteiger partial charge in [-0.25, -0.2) is 0 Å². The molecule has 1 amide bonds. The lowest BCUT2D eigenvalue weighted by Crippen LogP contribution is -2.21. The monoisotopic (exact) mass is 727 g/mol. The van der Waals surface area contributed by atoms with Gasteiger partial charge in [0.15, 0.2) is 5.11 Å². The Kier molecular flexibility index (Phi) is 10.4. The molecule has 1 fully saturated rings. The normalized spacial score (nSPS) is 12.8. The fourth-order valence-electron chi connectivity index (χ4n) is 6.73. The number of carbonyl (C=O) groups is 1. The number of amides is 1. The maximum absolute atomic E-state index is 12.3. The van der Waals surface area contributed by atoms with Crippen LogP contribution in [0.3, 0.4) is 0 Å². The summed E-state index contributed by atoms with van der Waals surface area (Å²) in [7, 11) is 0. The third-order valence-corrected chi connectivity index (χ3v) is 9.65. The average molecular weight is 728 g/mol. The molecule has 55 heavy (non-hydrogen) atoms. The maximum atomic E-state index is 12.3. The van der Waals surface area contributed by atoms with Gasteiger partial charge in [-0.15, -0.1) is 0 Å². The molecule has 0 radical (unpaired) electrons. The molecule has 1 heterocycles. The molecule has 0 aromatic heterocycles. The molecule has 0 unspecified atom stereocenters. The van der Waals surface area contributed by atoms with Crippen LogP contribution < -0.4 is 15.5 Å². The molecular formula is C50H37N3OS. The van der Waals surface area contributed by atoms with Gasteiger partial charge in [0, 0.05) is 17.1 Å². The lowest BCUT2D eigenvalue weighted by Gasteiger charge is -2.26. The molecule has 264 valence electrons. The van der Waals surface area contributed by atoms with Crippen molar-refractivity contribution in [2.75, 3.05) is 4.90 Å². The van der Waals surface area contributed by atoms with Crippen LogP contribution >= 0.6 is 12.2 Å². The summed E-state index contributed by atoms with van der Waals surface area (Å²) in [6.45, 7) is 0. The van der Waals surface area contributed by atoms with Gasteiger partial charge in [0.25, 0.3) is 5.91 Å². The summed E-state index contributed by atoms with van der Waals surface area (Å²) in [6.07, 6.45) is 6.30. The molecule has 1 saturated heterocycles. The highest BCUT2D eigenvalue weighted by Crippen LogP contribution is 2.36.